The highest BCUT2D eigenvalue weighted by Gasteiger charge is 2.34. The normalized spacial score (nSPS) is 14.3. The fourth-order valence-corrected chi connectivity index (χ4v) is 4.27. The van der Waals surface area contributed by atoms with Gasteiger partial charge in [0.2, 0.25) is 0 Å². The Hall–Kier alpha value is -3.75. The molecule has 3 aromatic rings. The van der Waals surface area contributed by atoms with Gasteiger partial charge in [-0.2, -0.15) is 0 Å². The maximum atomic E-state index is 12.7. The zero-order chi connectivity index (χ0) is 24.8. The average molecular weight is 509 g/mol. The Kier molecular flexibility index (Phi) is 7.74. The molecule has 0 atom stereocenters. The summed E-state index contributed by atoms with van der Waals surface area (Å²) >= 11 is 6.79. The number of hydrogen-bond donors (Lipinski definition) is 1. The molecule has 0 radical (unpaired) electrons. The largest absolute Gasteiger partial charge is 0.495 e. The first-order chi connectivity index (χ1) is 16.9. The second-order valence-corrected chi connectivity index (χ2v) is 8.93. The number of hydrogen-bond acceptors (Lipinski definition) is 6. The van der Waals surface area contributed by atoms with Crippen molar-refractivity contribution in [3.63, 3.8) is 0 Å². The predicted octanol–water partition coefficient (Wildman–Crippen LogP) is 5.60. The van der Waals surface area contributed by atoms with E-state index in [9.17, 15) is 14.4 Å². The van der Waals surface area contributed by atoms with Crippen molar-refractivity contribution >= 4 is 52.2 Å². The SMILES string of the molecule is COc1ccccc1NC(=O)COc1ccc(C=C2SC(=O)N(Cc3ccc(Cl)cc3)C2=O)cc1. The summed E-state index contributed by atoms with van der Waals surface area (Å²) in [5.41, 5.74) is 2.10. The number of thioether (sulfide) groups is 1. The molecule has 178 valence electrons. The van der Waals surface area contributed by atoms with E-state index in [0.717, 1.165) is 22.9 Å². The van der Waals surface area contributed by atoms with Gasteiger partial charge in [-0.25, -0.2) is 0 Å². The van der Waals surface area contributed by atoms with Crippen molar-refractivity contribution in [2.75, 3.05) is 19.0 Å². The number of nitrogens with zero attached hydrogens (tertiary/aromatic N) is 1. The molecule has 1 aliphatic rings. The van der Waals surface area contributed by atoms with E-state index in [-0.39, 0.29) is 30.2 Å². The predicted molar refractivity (Wildman–Crippen MR) is 137 cm³/mol. The van der Waals surface area contributed by atoms with E-state index >= 15 is 0 Å². The highest BCUT2D eigenvalue weighted by Crippen LogP contribution is 2.33. The van der Waals surface area contributed by atoms with Crippen LogP contribution in [-0.4, -0.2) is 35.7 Å². The van der Waals surface area contributed by atoms with Crippen molar-refractivity contribution in [2.24, 2.45) is 0 Å². The molecule has 3 aromatic carbocycles. The molecule has 9 heteroatoms. The number of imide groups is 1. The van der Waals surface area contributed by atoms with E-state index < -0.39 is 0 Å². The van der Waals surface area contributed by atoms with E-state index in [4.69, 9.17) is 21.1 Å². The minimum absolute atomic E-state index is 0.180. The van der Waals surface area contributed by atoms with Gasteiger partial charge in [-0.15, -0.1) is 0 Å². The van der Waals surface area contributed by atoms with Gasteiger partial charge in [0.25, 0.3) is 17.1 Å². The first-order valence-corrected chi connectivity index (χ1v) is 11.8. The number of ether oxygens (including phenoxy) is 2. The van der Waals surface area contributed by atoms with Crippen molar-refractivity contribution in [1.82, 2.24) is 4.90 Å². The second kappa shape index (κ2) is 11.1. The summed E-state index contributed by atoms with van der Waals surface area (Å²) in [6, 6.07) is 21.0. The highest BCUT2D eigenvalue weighted by atomic mass is 35.5. The fourth-order valence-electron chi connectivity index (χ4n) is 3.30. The molecule has 4 rings (SSSR count). The molecule has 0 saturated carbocycles. The Balaban J connectivity index is 1.34. The summed E-state index contributed by atoms with van der Waals surface area (Å²) < 4.78 is 10.8. The van der Waals surface area contributed by atoms with Gasteiger partial charge >= 0.3 is 0 Å². The summed E-state index contributed by atoms with van der Waals surface area (Å²) in [5, 5.41) is 3.01. The van der Waals surface area contributed by atoms with Crippen LogP contribution < -0.4 is 14.8 Å². The Bertz CT molecular complexity index is 1280. The van der Waals surface area contributed by atoms with Gasteiger partial charge in [-0.1, -0.05) is 48.0 Å². The van der Waals surface area contributed by atoms with Crippen molar-refractivity contribution in [1.29, 1.82) is 0 Å². The third-order valence-electron chi connectivity index (χ3n) is 5.06. The number of methoxy groups -OCH3 is 1. The molecule has 0 bridgehead atoms. The number of nitrogens with one attached hydrogen (secondary N) is 1. The van der Waals surface area contributed by atoms with Gasteiger partial charge in [0.1, 0.15) is 11.5 Å². The Morgan fingerprint density at radius 3 is 2.46 bits per heavy atom. The number of benzene rings is 3. The summed E-state index contributed by atoms with van der Waals surface area (Å²) in [4.78, 5) is 38.9. The molecule has 1 fully saturated rings. The molecule has 35 heavy (non-hydrogen) atoms. The quantitative estimate of drug-likeness (QED) is 0.398. The van der Waals surface area contributed by atoms with Crippen LogP contribution in [0.15, 0.2) is 77.7 Å². The lowest BCUT2D eigenvalue weighted by molar-refractivity contribution is -0.123. The summed E-state index contributed by atoms with van der Waals surface area (Å²) in [6.45, 7) is 0.00382. The lowest BCUT2D eigenvalue weighted by Crippen LogP contribution is -2.27. The number of halogens is 1. The van der Waals surface area contributed by atoms with E-state index in [1.165, 1.54) is 12.0 Å². The lowest BCUT2D eigenvalue weighted by atomic mass is 10.2. The molecule has 1 saturated heterocycles. The van der Waals surface area contributed by atoms with Gasteiger partial charge in [0.15, 0.2) is 6.61 Å². The molecule has 0 aromatic heterocycles. The minimum Gasteiger partial charge on any atom is -0.495 e. The maximum Gasteiger partial charge on any atom is 0.293 e. The first-order valence-electron chi connectivity index (χ1n) is 10.6. The number of para-hydroxylation sites is 2. The van der Waals surface area contributed by atoms with E-state index in [1.807, 2.05) is 6.07 Å². The van der Waals surface area contributed by atoms with Gasteiger partial charge < -0.3 is 14.8 Å². The van der Waals surface area contributed by atoms with Crippen molar-refractivity contribution < 1.29 is 23.9 Å². The van der Waals surface area contributed by atoms with E-state index in [1.54, 1.807) is 72.8 Å². The monoisotopic (exact) mass is 508 g/mol. The molecule has 1 N–H and O–H groups in total. The molecule has 3 amide bonds. The fraction of sp³-hybridized carbons (Fsp3) is 0.115. The number of anilines is 1. The maximum absolute atomic E-state index is 12.7. The molecular formula is C26H21ClN2O5S. The van der Waals surface area contributed by atoms with Gasteiger partial charge in [-0.3, -0.25) is 19.3 Å². The van der Waals surface area contributed by atoms with Gasteiger partial charge in [-0.05, 0) is 65.4 Å². The lowest BCUT2D eigenvalue weighted by Gasteiger charge is -2.12. The standard InChI is InChI=1S/C26H21ClN2O5S/c1-33-22-5-3-2-4-21(22)28-24(30)16-34-20-12-8-17(9-13-20)14-23-25(31)29(26(32)35-23)15-18-6-10-19(27)11-7-18/h2-14H,15-16H2,1H3,(H,28,30). The highest BCUT2D eigenvalue weighted by molar-refractivity contribution is 8.18. The molecule has 1 heterocycles. The van der Waals surface area contributed by atoms with Crippen LogP contribution in [-0.2, 0) is 16.1 Å². The topological polar surface area (TPSA) is 84.9 Å². The minimum atomic E-state index is -0.344. The Labute approximate surface area is 211 Å². The van der Waals surface area contributed by atoms with Crippen LogP contribution in [0, 0.1) is 0 Å². The van der Waals surface area contributed by atoms with Crippen molar-refractivity contribution in [2.45, 2.75) is 6.54 Å². The van der Waals surface area contributed by atoms with Crippen LogP contribution in [0.25, 0.3) is 6.08 Å². The average Bonchev–Trinajstić information content (AvgIpc) is 3.12. The number of rotatable bonds is 8. The van der Waals surface area contributed by atoms with Crippen LogP contribution in [0.2, 0.25) is 5.02 Å². The zero-order valence-electron chi connectivity index (χ0n) is 18.7. The van der Waals surface area contributed by atoms with E-state index in [0.29, 0.717) is 27.1 Å². The third-order valence-corrected chi connectivity index (χ3v) is 6.22. The number of amides is 3. The van der Waals surface area contributed by atoms with Crippen LogP contribution in [0.3, 0.4) is 0 Å². The number of carbonyl (C=O) groups is 3. The van der Waals surface area contributed by atoms with Crippen LogP contribution in [0.5, 0.6) is 11.5 Å². The molecule has 0 aliphatic carbocycles. The molecule has 7 nitrogen and oxygen atoms in total. The summed E-state index contributed by atoms with van der Waals surface area (Å²) in [7, 11) is 1.53. The second-order valence-electron chi connectivity index (χ2n) is 7.50. The Morgan fingerprint density at radius 2 is 1.74 bits per heavy atom. The number of carbonyl (C=O) groups excluding carboxylic acids is 3. The molecular weight excluding hydrogens is 488 g/mol. The molecule has 1 aliphatic heterocycles. The van der Waals surface area contributed by atoms with Crippen molar-refractivity contribution in [3.8, 4) is 11.5 Å². The van der Waals surface area contributed by atoms with Crippen LogP contribution in [0.4, 0.5) is 10.5 Å². The summed E-state index contributed by atoms with van der Waals surface area (Å²) in [5.74, 6) is 0.382. The van der Waals surface area contributed by atoms with Gasteiger partial charge in [0, 0.05) is 5.02 Å². The smallest absolute Gasteiger partial charge is 0.293 e. The molecule has 0 unspecified atom stereocenters. The third kappa shape index (κ3) is 6.23. The Morgan fingerprint density at radius 1 is 1.03 bits per heavy atom. The van der Waals surface area contributed by atoms with Crippen LogP contribution in [0.1, 0.15) is 11.1 Å². The van der Waals surface area contributed by atoms with Crippen molar-refractivity contribution in [3.05, 3.63) is 93.9 Å². The van der Waals surface area contributed by atoms with Crippen LogP contribution >= 0.6 is 23.4 Å². The summed E-state index contributed by atoms with van der Waals surface area (Å²) in [6.07, 6.45) is 1.66. The zero-order valence-corrected chi connectivity index (χ0v) is 20.3. The molecule has 0 spiro atoms. The first kappa shape index (κ1) is 24.4. The van der Waals surface area contributed by atoms with E-state index in [2.05, 4.69) is 5.32 Å². The van der Waals surface area contributed by atoms with Gasteiger partial charge in [0.05, 0.1) is 24.2 Å².